The number of ether oxygens (including phenoxy) is 1. The number of pyridine rings is 1. The summed E-state index contributed by atoms with van der Waals surface area (Å²) in [6.45, 7) is 0.542. The summed E-state index contributed by atoms with van der Waals surface area (Å²) < 4.78 is 5.85. The van der Waals surface area contributed by atoms with Gasteiger partial charge in [-0.15, -0.1) is 0 Å². The van der Waals surface area contributed by atoms with Gasteiger partial charge in [0.2, 0.25) is 0 Å². The number of nitrogens with zero attached hydrogens (tertiary/aromatic N) is 2. The molecule has 0 aliphatic heterocycles. The molecule has 3 aromatic carbocycles. The molecule has 1 aromatic heterocycles. The van der Waals surface area contributed by atoms with E-state index in [9.17, 15) is 0 Å². The summed E-state index contributed by atoms with van der Waals surface area (Å²) in [6, 6.07) is 29.9. The van der Waals surface area contributed by atoms with Gasteiger partial charge in [-0.1, -0.05) is 60.7 Å². The highest BCUT2D eigenvalue weighted by Crippen LogP contribution is 2.16. The predicted octanol–water partition coefficient (Wildman–Crippen LogP) is 5.26. The topological polar surface area (TPSA) is 46.5 Å². The van der Waals surface area contributed by atoms with Crippen LogP contribution in [0.1, 0.15) is 11.1 Å². The Labute approximate surface area is 158 Å². The van der Waals surface area contributed by atoms with Gasteiger partial charge in [-0.25, -0.2) is 4.98 Å². The van der Waals surface area contributed by atoms with Crippen molar-refractivity contribution in [2.45, 2.75) is 6.61 Å². The van der Waals surface area contributed by atoms with E-state index in [1.807, 2.05) is 91.0 Å². The molecular weight excluding hydrogens is 334 g/mol. The maximum absolute atomic E-state index is 5.85. The minimum Gasteiger partial charge on any atom is -0.489 e. The average molecular weight is 353 g/mol. The van der Waals surface area contributed by atoms with Gasteiger partial charge in [-0.05, 0) is 41.5 Å². The monoisotopic (exact) mass is 353 g/mol. The molecule has 0 atom stereocenters. The van der Waals surface area contributed by atoms with Crippen LogP contribution in [0.2, 0.25) is 0 Å². The number of hydrogen-bond acceptors (Lipinski definition) is 4. The molecule has 132 valence electrons. The van der Waals surface area contributed by atoms with Crippen molar-refractivity contribution in [1.29, 1.82) is 0 Å². The van der Waals surface area contributed by atoms with Crippen LogP contribution in [-0.4, -0.2) is 11.2 Å². The molecule has 0 aliphatic rings. The molecule has 27 heavy (non-hydrogen) atoms. The van der Waals surface area contributed by atoms with Crippen molar-refractivity contribution in [1.82, 2.24) is 4.98 Å². The summed E-state index contributed by atoms with van der Waals surface area (Å²) in [5, 5.41) is 5.39. The number of nitrogens with one attached hydrogen (secondary N) is 1. The molecule has 1 heterocycles. The third kappa shape index (κ3) is 4.50. The lowest BCUT2D eigenvalue weighted by Crippen LogP contribution is -1.96. The Hall–Kier alpha value is -3.66. The first-order chi connectivity index (χ1) is 13.4. The Morgan fingerprint density at radius 1 is 0.852 bits per heavy atom. The fraction of sp³-hybridized carbons (Fsp3) is 0.0435. The molecule has 4 aromatic rings. The number of rotatable bonds is 6. The van der Waals surface area contributed by atoms with Gasteiger partial charge in [-0.3, -0.25) is 5.43 Å². The summed E-state index contributed by atoms with van der Waals surface area (Å²) in [4.78, 5) is 4.54. The molecule has 4 nitrogen and oxygen atoms in total. The summed E-state index contributed by atoms with van der Waals surface area (Å²) in [6.07, 6.45) is 1.76. The zero-order valence-electron chi connectivity index (χ0n) is 14.7. The largest absolute Gasteiger partial charge is 0.489 e. The lowest BCUT2D eigenvalue weighted by Gasteiger charge is -2.07. The van der Waals surface area contributed by atoms with E-state index in [2.05, 4.69) is 15.5 Å². The van der Waals surface area contributed by atoms with Gasteiger partial charge in [0, 0.05) is 5.39 Å². The normalized spacial score (nSPS) is 11.0. The highest BCUT2D eigenvalue weighted by Gasteiger charge is 1.98. The second kappa shape index (κ2) is 8.15. The Bertz CT molecular complexity index is 1060. The van der Waals surface area contributed by atoms with Gasteiger partial charge in [-0.2, -0.15) is 5.10 Å². The number of anilines is 1. The molecule has 0 fully saturated rings. The van der Waals surface area contributed by atoms with Gasteiger partial charge < -0.3 is 4.74 Å². The Morgan fingerprint density at radius 2 is 1.70 bits per heavy atom. The standard InChI is InChI=1S/C23H19N3O/c1-2-7-18(8-3-1)17-27-21-11-6-9-19(15-21)16-24-26-23-14-13-20-10-4-5-12-22(20)25-23/h1-16H,17H2,(H,25,26)/b24-16-. The van der Waals surface area contributed by atoms with Crippen molar-refractivity contribution in [3.05, 3.63) is 102 Å². The minimum atomic E-state index is 0.542. The maximum Gasteiger partial charge on any atom is 0.146 e. The molecule has 0 saturated carbocycles. The number of hydrazone groups is 1. The van der Waals surface area contributed by atoms with E-state index in [1.165, 1.54) is 0 Å². The molecule has 4 heteroatoms. The number of benzene rings is 3. The van der Waals surface area contributed by atoms with Gasteiger partial charge in [0.15, 0.2) is 0 Å². The Kier molecular flexibility index (Phi) is 5.07. The van der Waals surface area contributed by atoms with E-state index in [4.69, 9.17) is 4.74 Å². The first kappa shape index (κ1) is 16.8. The lowest BCUT2D eigenvalue weighted by atomic mass is 10.2. The van der Waals surface area contributed by atoms with Crippen LogP contribution in [0.3, 0.4) is 0 Å². The van der Waals surface area contributed by atoms with E-state index in [0.717, 1.165) is 27.8 Å². The molecule has 4 rings (SSSR count). The van der Waals surface area contributed by atoms with Gasteiger partial charge in [0.1, 0.15) is 18.2 Å². The molecule has 0 bridgehead atoms. The smallest absolute Gasteiger partial charge is 0.146 e. The summed E-state index contributed by atoms with van der Waals surface area (Å²) in [5.41, 5.74) is 6.01. The van der Waals surface area contributed by atoms with E-state index in [-0.39, 0.29) is 0 Å². The van der Waals surface area contributed by atoms with E-state index < -0.39 is 0 Å². The molecule has 0 saturated heterocycles. The summed E-state index contributed by atoms with van der Waals surface area (Å²) >= 11 is 0. The maximum atomic E-state index is 5.85. The zero-order valence-corrected chi connectivity index (χ0v) is 14.7. The molecule has 0 spiro atoms. The number of hydrogen-bond donors (Lipinski definition) is 1. The van der Waals surface area contributed by atoms with Crippen LogP contribution in [0.4, 0.5) is 5.82 Å². The Morgan fingerprint density at radius 3 is 2.63 bits per heavy atom. The van der Waals surface area contributed by atoms with Crippen molar-refractivity contribution in [3.8, 4) is 5.75 Å². The van der Waals surface area contributed by atoms with Crippen molar-refractivity contribution in [2.75, 3.05) is 5.43 Å². The minimum absolute atomic E-state index is 0.542. The average Bonchev–Trinajstić information content (AvgIpc) is 2.73. The Balaban J connectivity index is 1.39. The predicted molar refractivity (Wildman–Crippen MR) is 110 cm³/mol. The SMILES string of the molecule is C(=N/Nc1ccc2ccccc2n1)/c1cccc(OCc2ccccc2)c1. The van der Waals surface area contributed by atoms with Crippen LogP contribution >= 0.6 is 0 Å². The fourth-order valence-electron chi connectivity index (χ4n) is 2.73. The van der Waals surface area contributed by atoms with Crippen LogP contribution in [0.15, 0.2) is 96.1 Å². The fourth-order valence-corrected chi connectivity index (χ4v) is 2.73. The molecule has 0 radical (unpaired) electrons. The molecular formula is C23H19N3O. The number of aromatic nitrogens is 1. The van der Waals surface area contributed by atoms with Crippen molar-refractivity contribution in [3.63, 3.8) is 0 Å². The molecule has 1 N–H and O–H groups in total. The van der Waals surface area contributed by atoms with Gasteiger partial charge >= 0.3 is 0 Å². The summed E-state index contributed by atoms with van der Waals surface area (Å²) in [7, 11) is 0. The van der Waals surface area contributed by atoms with E-state index in [0.29, 0.717) is 12.4 Å². The quantitative estimate of drug-likeness (QED) is 0.380. The third-order valence-corrected chi connectivity index (χ3v) is 4.10. The van der Waals surface area contributed by atoms with Crippen LogP contribution < -0.4 is 10.2 Å². The van der Waals surface area contributed by atoms with Gasteiger partial charge in [0.25, 0.3) is 0 Å². The van der Waals surface area contributed by atoms with Crippen LogP contribution in [0, 0.1) is 0 Å². The highest BCUT2D eigenvalue weighted by atomic mass is 16.5. The third-order valence-electron chi connectivity index (χ3n) is 4.10. The second-order valence-electron chi connectivity index (χ2n) is 6.11. The van der Waals surface area contributed by atoms with Crippen molar-refractivity contribution < 1.29 is 4.74 Å². The lowest BCUT2D eigenvalue weighted by molar-refractivity contribution is 0.306. The van der Waals surface area contributed by atoms with Crippen LogP contribution in [0.25, 0.3) is 10.9 Å². The molecule has 0 amide bonds. The van der Waals surface area contributed by atoms with Crippen molar-refractivity contribution in [2.24, 2.45) is 5.10 Å². The number of fused-ring (bicyclic) bond motifs is 1. The first-order valence-corrected chi connectivity index (χ1v) is 8.78. The van der Waals surface area contributed by atoms with E-state index >= 15 is 0 Å². The summed E-state index contributed by atoms with van der Waals surface area (Å²) in [5.74, 6) is 1.52. The van der Waals surface area contributed by atoms with Gasteiger partial charge in [0.05, 0.1) is 11.7 Å². The van der Waals surface area contributed by atoms with Crippen molar-refractivity contribution >= 4 is 22.9 Å². The second-order valence-corrected chi connectivity index (χ2v) is 6.11. The van der Waals surface area contributed by atoms with Crippen LogP contribution in [0.5, 0.6) is 5.75 Å². The van der Waals surface area contributed by atoms with E-state index in [1.54, 1.807) is 6.21 Å². The molecule has 0 unspecified atom stereocenters. The first-order valence-electron chi connectivity index (χ1n) is 8.78. The highest BCUT2D eigenvalue weighted by molar-refractivity contribution is 5.82. The molecule has 0 aliphatic carbocycles. The number of para-hydroxylation sites is 1. The van der Waals surface area contributed by atoms with Crippen LogP contribution in [-0.2, 0) is 6.61 Å². The zero-order chi connectivity index (χ0) is 18.3.